The van der Waals surface area contributed by atoms with Crippen LogP contribution in [0.25, 0.3) is 0 Å². The quantitative estimate of drug-likeness (QED) is 0.324. The average Bonchev–Trinajstić information content (AvgIpc) is 1.97. The largest absolute Gasteiger partial charge is 1.00 e. The van der Waals surface area contributed by atoms with Crippen molar-refractivity contribution in [2.45, 2.75) is 25.5 Å². The molecular formula is C8H14NNaO4S. The molecule has 5 nitrogen and oxygen atoms in total. The Bertz CT molecular complexity index is 348. The summed E-state index contributed by atoms with van der Waals surface area (Å²) in [5.41, 5.74) is 0.268. The van der Waals surface area contributed by atoms with Crippen molar-refractivity contribution in [1.29, 1.82) is 0 Å². The van der Waals surface area contributed by atoms with Gasteiger partial charge in [0.15, 0.2) is 0 Å². The van der Waals surface area contributed by atoms with E-state index in [1.807, 2.05) is 0 Å². The zero-order valence-electron chi connectivity index (χ0n) is 9.46. The van der Waals surface area contributed by atoms with Gasteiger partial charge in [-0.3, -0.25) is 4.79 Å². The minimum absolute atomic E-state index is 0. The molecule has 0 aromatic heterocycles. The standard InChI is InChI=1S/C8H15NO4S.Na/c1-6(2)7(10)9-5-8(3,4)14(11,12)13;/h1,5H2,2-4H3,(H,9,10)(H,11,12,13);/q;+1/p-1. The van der Waals surface area contributed by atoms with Crippen molar-refractivity contribution in [3.8, 4) is 0 Å². The third-order valence-corrected chi connectivity index (χ3v) is 3.24. The summed E-state index contributed by atoms with van der Waals surface area (Å²) in [6.45, 7) is 7.17. The van der Waals surface area contributed by atoms with Crippen LogP contribution in [0.3, 0.4) is 0 Å². The van der Waals surface area contributed by atoms with Crippen LogP contribution in [0.5, 0.6) is 0 Å². The van der Waals surface area contributed by atoms with Crippen molar-refractivity contribution in [3.63, 3.8) is 0 Å². The number of hydrogen-bond acceptors (Lipinski definition) is 4. The first-order valence-electron chi connectivity index (χ1n) is 3.97. The van der Waals surface area contributed by atoms with Crippen LogP contribution in [0, 0.1) is 0 Å². The number of amides is 1. The molecule has 0 spiro atoms. The molecule has 0 aromatic carbocycles. The summed E-state index contributed by atoms with van der Waals surface area (Å²) in [5.74, 6) is -0.457. The molecule has 82 valence electrons. The maximum absolute atomic E-state index is 11.0. The van der Waals surface area contributed by atoms with Crippen molar-refractivity contribution in [2.75, 3.05) is 6.54 Å². The van der Waals surface area contributed by atoms with E-state index in [2.05, 4.69) is 11.9 Å². The molecule has 1 amide bonds. The first kappa shape index (κ1) is 17.5. The number of nitrogens with one attached hydrogen (secondary N) is 1. The summed E-state index contributed by atoms with van der Waals surface area (Å²) in [6.07, 6.45) is 0. The Morgan fingerprint density at radius 2 is 1.87 bits per heavy atom. The van der Waals surface area contributed by atoms with Crippen LogP contribution in [0.4, 0.5) is 0 Å². The Kier molecular flexibility index (Phi) is 7.01. The van der Waals surface area contributed by atoms with E-state index in [4.69, 9.17) is 0 Å². The first-order valence-corrected chi connectivity index (χ1v) is 5.38. The van der Waals surface area contributed by atoms with Crippen LogP contribution in [0.2, 0.25) is 0 Å². The summed E-state index contributed by atoms with van der Waals surface area (Å²) < 4.78 is 30.6. The second-order valence-electron chi connectivity index (χ2n) is 3.68. The molecule has 0 rings (SSSR count). The number of hydrogen-bond donors (Lipinski definition) is 1. The Balaban J connectivity index is 0. The Morgan fingerprint density at radius 3 is 2.13 bits per heavy atom. The van der Waals surface area contributed by atoms with Gasteiger partial charge >= 0.3 is 29.6 Å². The molecule has 0 aromatic rings. The van der Waals surface area contributed by atoms with E-state index < -0.39 is 20.8 Å². The van der Waals surface area contributed by atoms with Crippen molar-refractivity contribution >= 4 is 16.0 Å². The van der Waals surface area contributed by atoms with E-state index in [1.165, 1.54) is 20.8 Å². The third-order valence-electron chi connectivity index (χ3n) is 1.74. The molecule has 0 saturated carbocycles. The average molecular weight is 243 g/mol. The Morgan fingerprint density at radius 1 is 1.47 bits per heavy atom. The van der Waals surface area contributed by atoms with E-state index in [9.17, 15) is 17.8 Å². The van der Waals surface area contributed by atoms with Gasteiger partial charge in [0.05, 0.1) is 4.75 Å². The fourth-order valence-electron chi connectivity index (χ4n) is 0.532. The number of rotatable bonds is 4. The maximum Gasteiger partial charge on any atom is 1.00 e. The predicted octanol–water partition coefficient (Wildman–Crippen LogP) is -2.99. The van der Waals surface area contributed by atoms with Crippen molar-refractivity contribution < 1.29 is 47.3 Å². The zero-order chi connectivity index (χ0) is 11.6. The molecule has 7 heteroatoms. The summed E-state index contributed by atoms with van der Waals surface area (Å²) in [4.78, 5) is 11.0. The molecule has 0 radical (unpaired) electrons. The first-order chi connectivity index (χ1) is 6.08. The number of carbonyl (C=O) groups excluding carboxylic acids is 1. The number of carbonyl (C=O) groups is 1. The zero-order valence-corrected chi connectivity index (χ0v) is 12.3. The molecule has 0 aliphatic rings. The van der Waals surface area contributed by atoms with Crippen molar-refractivity contribution in [1.82, 2.24) is 5.32 Å². The van der Waals surface area contributed by atoms with Crippen molar-refractivity contribution in [2.24, 2.45) is 0 Å². The fraction of sp³-hybridized carbons (Fsp3) is 0.625. The third kappa shape index (κ3) is 5.67. The molecule has 0 fully saturated rings. The summed E-state index contributed by atoms with van der Waals surface area (Å²) in [6, 6.07) is 0. The van der Waals surface area contributed by atoms with Gasteiger partial charge in [0.1, 0.15) is 10.1 Å². The van der Waals surface area contributed by atoms with E-state index in [0.717, 1.165) is 0 Å². The van der Waals surface area contributed by atoms with Gasteiger partial charge in [-0.15, -0.1) is 0 Å². The van der Waals surface area contributed by atoms with E-state index >= 15 is 0 Å². The van der Waals surface area contributed by atoms with Gasteiger partial charge in [-0.05, 0) is 20.8 Å². The molecule has 0 aliphatic heterocycles. The second-order valence-corrected chi connectivity index (χ2v) is 5.69. The van der Waals surface area contributed by atoms with Gasteiger partial charge in [-0.25, -0.2) is 8.42 Å². The summed E-state index contributed by atoms with van der Waals surface area (Å²) in [5, 5.41) is 2.31. The summed E-state index contributed by atoms with van der Waals surface area (Å²) in [7, 11) is -4.42. The van der Waals surface area contributed by atoms with Crippen LogP contribution in [-0.2, 0) is 14.9 Å². The van der Waals surface area contributed by atoms with Gasteiger partial charge in [-0.2, -0.15) is 0 Å². The van der Waals surface area contributed by atoms with Gasteiger partial charge in [-0.1, -0.05) is 6.58 Å². The molecule has 0 heterocycles. The van der Waals surface area contributed by atoms with Gasteiger partial charge in [0.2, 0.25) is 5.91 Å². The molecular weight excluding hydrogens is 229 g/mol. The molecule has 0 atom stereocenters. The fourth-order valence-corrected chi connectivity index (χ4v) is 0.781. The van der Waals surface area contributed by atoms with E-state index in [0.29, 0.717) is 0 Å². The molecule has 15 heavy (non-hydrogen) atoms. The van der Waals surface area contributed by atoms with Crippen LogP contribution < -0.4 is 34.9 Å². The van der Waals surface area contributed by atoms with Crippen LogP contribution in [-0.4, -0.2) is 30.2 Å². The minimum Gasteiger partial charge on any atom is -0.747 e. The Hall–Kier alpha value is 0.120. The Labute approximate surface area is 112 Å². The van der Waals surface area contributed by atoms with E-state index in [-0.39, 0.29) is 41.7 Å². The topological polar surface area (TPSA) is 86.3 Å². The molecule has 0 bridgehead atoms. The SMILES string of the molecule is C=C(C)C(=O)NCC(C)(C)S(=O)(=O)[O-].[Na+]. The van der Waals surface area contributed by atoms with Crippen LogP contribution in [0.1, 0.15) is 20.8 Å². The van der Waals surface area contributed by atoms with Gasteiger partial charge in [0, 0.05) is 12.1 Å². The molecule has 0 aliphatic carbocycles. The van der Waals surface area contributed by atoms with E-state index in [1.54, 1.807) is 0 Å². The van der Waals surface area contributed by atoms with Crippen LogP contribution >= 0.6 is 0 Å². The van der Waals surface area contributed by atoms with Gasteiger partial charge in [0.25, 0.3) is 0 Å². The molecule has 0 unspecified atom stereocenters. The minimum atomic E-state index is -4.42. The molecule has 1 N–H and O–H groups in total. The smallest absolute Gasteiger partial charge is 0.747 e. The monoisotopic (exact) mass is 243 g/mol. The maximum atomic E-state index is 11.0. The normalized spacial score (nSPS) is 11.5. The second kappa shape index (κ2) is 6.00. The van der Waals surface area contributed by atoms with Gasteiger partial charge < -0.3 is 9.87 Å². The molecule has 0 saturated heterocycles. The predicted molar refractivity (Wildman–Crippen MR) is 51.6 cm³/mol. The van der Waals surface area contributed by atoms with Crippen molar-refractivity contribution in [3.05, 3.63) is 12.2 Å². The van der Waals surface area contributed by atoms with Crippen LogP contribution in [0.15, 0.2) is 12.2 Å². The summed E-state index contributed by atoms with van der Waals surface area (Å²) >= 11 is 0.